The highest BCUT2D eigenvalue weighted by molar-refractivity contribution is 5.92. The predicted octanol–water partition coefficient (Wildman–Crippen LogP) is 4.10. The Morgan fingerprint density at radius 1 is 1.09 bits per heavy atom. The first-order valence-electron chi connectivity index (χ1n) is 6.17. The number of methoxy groups -OCH3 is 1. The molecule has 0 atom stereocenters. The van der Waals surface area contributed by atoms with E-state index in [1.54, 1.807) is 0 Å². The topological polar surface area (TPSA) is 55.8 Å². The monoisotopic (exact) mass is 330 g/mol. The summed E-state index contributed by atoms with van der Waals surface area (Å²) >= 11 is 0. The number of rotatable bonds is 4. The van der Waals surface area contributed by atoms with Crippen molar-refractivity contribution >= 4 is 5.97 Å². The van der Waals surface area contributed by atoms with Gasteiger partial charge in [-0.05, 0) is 35.4 Å². The Bertz CT molecular complexity index is 741. The number of halogens is 4. The summed E-state index contributed by atoms with van der Waals surface area (Å²) in [5.41, 5.74) is -0.235. The lowest BCUT2D eigenvalue weighted by Gasteiger charge is -2.13. The van der Waals surface area contributed by atoms with Crippen molar-refractivity contribution in [2.45, 2.75) is 6.36 Å². The summed E-state index contributed by atoms with van der Waals surface area (Å²) in [5.74, 6) is -2.90. The van der Waals surface area contributed by atoms with E-state index >= 15 is 0 Å². The van der Waals surface area contributed by atoms with Crippen LogP contribution in [0.15, 0.2) is 36.4 Å². The number of hydrogen-bond acceptors (Lipinski definition) is 3. The van der Waals surface area contributed by atoms with Gasteiger partial charge in [-0.2, -0.15) is 0 Å². The fraction of sp³-hybridized carbons (Fsp3) is 0.133. The minimum Gasteiger partial charge on any atom is -0.497 e. The Balaban J connectivity index is 2.51. The first kappa shape index (κ1) is 16.6. The Labute approximate surface area is 127 Å². The van der Waals surface area contributed by atoms with Gasteiger partial charge < -0.3 is 14.6 Å². The molecule has 2 rings (SSSR count). The molecular weight excluding hydrogens is 320 g/mol. The summed E-state index contributed by atoms with van der Waals surface area (Å²) in [6.45, 7) is 0. The van der Waals surface area contributed by atoms with Crippen molar-refractivity contribution in [3.05, 3.63) is 47.8 Å². The molecule has 0 fully saturated rings. The average Bonchev–Trinajstić information content (AvgIpc) is 2.45. The smallest absolute Gasteiger partial charge is 0.497 e. The van der Waals surface area contributed by atoms with E-state index < -0.39 is 29.5 Å². The second kappa shape index (κ2) is 6.15. The van der Waals surface area contributed by atoms with Gasteiger partial charge in [0.15, 0.2) is 0 Å². The van der Waals surface area contributed by atoms with Gasteiger partial charge in [0.05, 0.1) is 7.11 Å². The maximum Gasteiger partial charge on any atom is 0.573 e. The molecule has 8 heteroatoms. The van der Waals surface area contributed by atoms with Crippen LogP contribution in [0, 0.1) is 5.82 Å². The maximum absolute atomic E-state index is 13.5. The third kappa shape index (κ3) is 4.12. The molecule has 0 aliphatic carbocycles. The van der Waals surface area contributed by atoms with Gasteiger partial charge in [-0.25, -0.2) is 9.18 Å². The Kier molecular flexibility index (Phi) is 4.44. The van der Waals surface area contributed by atoms with E-state index in [4.69, 9.17) is 9.84 Å². The second-order valence-corrected chi connectivity index (χ2v) is 4.44. The summed E-state index contributed by atoms with van der Waals surface area (Å²) in [6.07, 6.45) is -5.02. The van der Waals surface area contributed by atoms with Crippen molar-refractivity contribution in [2.24, 2.45) is 0 Å². The number of aromatic carboxylic acids is 1. The molecule has 0 bridgehead atoms. The van der Waals surface area contributed by atoms with Gasteiger partial charge in [-0.15, -0.1) is 13.2 Å². The number of hydrogen-bond donors (Lipinski definition) is 1. The molecule has 0 aliphatic rings. The maximum atomic E-state index is 13.5. The lowest BCUT2D eigenvalue weighted by molar-refractivity contribution is -0.274. The average molecular weight is 330 g/mol. The van der Waals surface area contributed by atoms with Crippen LogP contribution in [0.3, 0.4) is 0 Å². The molecule has 0 spiro atoms. The molecule has 2 aromatic rings. The van der Waals surface area contributed by atoms with Gasteiger partial charge in [-0.3, -0.25) is 0 Å². The highest BCUT2D eigenvalue weighted by Crippen LogP contribution is 2.32. The summed E-state index contributed by atoms with van der Waals surface area (Å²) in [5, 5.41) is 9.04. The molecular formula is C15H10F4O4. The third-order valence-electron chi connectivity index (χ3n) is 2.88. The van der Waals surface area contributed by atoms with Gasteiger partial charge in [0.25, 0.3) is 0 Å². The highest BCUT2D eigenvalue weighted by Gasteiger charge is 2.33. The summed E-state index contributed by atoms with van der Waals surface area (Å²) in [7, 11) is 1.32. The lowest BCUT2D eigenvalue weighted by Crippen LogP contribution is -2.19. The van der Waals surface area contributed by atoms with E-state index in [0.29, 0.717) is 0 Å². The number of alkyl halides is 3. The minimum absolute atomic E-state index is 0.187. The Hall–Kier alpha value is -2.77. The van der Waals surface area contributed by atoms with Crippen LogP contribution in [0.4, 0.5) is 17.6 Å². The molecule has 4 nitrogen and oxygen atoms in total. The summed E-state index contributed by atoms with van der Waals surface area (Å²) in [4.78, 5) is 11.1. The molecule has 0 radical (unpaired) electrons. The number of ether oxygens (including phenoxy) is 2. The van der Waals surface area contributed by atoms with Crippen LogP contribution in [-0.4, -0.2) is 24.5 Å². The van der Waals surface area contributed by atoms with Gasteiger partial charge in [-0.1, -0.05) is 6.07 Å². The van der Waals surface area contributed by atoms with Crippen molar-refractivity contribution in [2.75, 3.05) is 7.11 Å². The van der Waals surface area contributed by atoms with Crippen molar-refractivity contribution in [3.8, 4) is 22.6 Å². The molecule has 2 aromatic carbocycles. The van der Waals surface area contributed by atoms with Crippen molar-refractivity contribution in [1.29, 1.82) is 0 Å². The van der Waals surface area contributed by atoms with Crippen LogP contribution in [0.5, 0.6) is 11.5 Å². The fourth-order valence-corrected chi connectivity index (χ4v) is 1.94. The number of benzene rings is 2. The third-order valence-corrected chi connectivity index (χ3v) is 2.88. The van der Waals surface area contributed by atoms with Gasteiger partial charge >= 0.3 is 12.3 Å². The van der Waals surface area contributed by atoms with Crippen LogP contribution in [-0.2, 0) is 0 Å². The highest BCUT2D eigenvalue weighted by atomic mass is 19.4. The molecule has 0 heterocycles. The molecule has 0 saturated heterocycles. The zero-order valence-corrected chi connectivity index (χ0v) is 11.6. The molecule has 0 amide bonds. The molecule has 1 N–H and O–H groups in total. The standard InChI is InChI=1S/C15H10F4O4/c1-22-11-5-9(4-10(16)7-11)8-2-3-13(23-15(17,18)19)12(6-8)14(20)21/h2-7H,1H3,(H,20,21). The first-order chi connectivity index (χ1) is 10.7. The normalized spacial score (nSPS) is 11.2. The largest absolute Gasteiger partial charge is 0.573 e. The number of carboxylic acid groups (broad SMARTS) is 1. The van der Waals surface area contributed by atoms with E-state index in [1.165, 1.54) is 19.2 Å². The Morgan fingerprint density at radius 2 is 1.78 bits per heavy atom. The van der Waals surface area contributed by atoms with Crippen LogP contribution in [0.25, 0.3) is 11.1 Å². The van der Waals surface area contributed by atoms with Gasteiger partial charge in [0.2, 0.25) is 0 Å². The quantitative estimate of drug-likeness (QED) is 0.858. The van der Waals surface area contributed by atoms with E-state index in [9.17, 15) is 22.4 Å². The minimum atomic E-state index is -5.02. The molecule has 0 aliphatic heterocycles. The summed E-state index contributed by atoms with van der Waals surface area (Å²) in [6, 6.07) is 6.67. The zero-order valence-electron chi connectivity index (χ0n) is 11.6. The number of carbonyl (C=O) groups is 1. The van der Waals surface area contributed by atoms with Crippen LogP contribution >= 0.6 is 0 Å². The van der Waals surface area contributed by atoms with Crippen LogP contribution in [0.1, 0.15) is 10.4 Å². The molecule has 0 saturated carbocycles. The molecule has 23 heavy (non-hydrogen) atoms. The predicted molar refractivity (Wildman–Crippen MR) is 72.0 cm³/mol. The van der Waals surface area contributed by atoms with Crippen molar-refractivity contribution in [1.82, 2.24) is 0 Å². The van der Waals surface area contributed by atoms with Crippen molar-refractivity contribution < 1.29 is 36.9 Å². The van der Waals surface area contributed by atoms with Gasteiger partial charge in [0, 0.05) is 6.07 Å². The van der Waals surface area contributed by atoms with Crippen LogP contribution < -0.4 is 9.47 Å². The molecule has 0 unspecified atom stereocenters. The van der Waals surface area contributed by atoms with Crippen molar-refractivity contribution in [3.63, 3.8) is 0 Å². The van der Waals surface area contributed by atoms with E-state index in [2.05, 4.69) is 4.74 Å². The number of carboxylic acids is 1. The zero-order chi connectivity index (χ0) is 17.2. The van der Waals surface area contributed by atoms with Gasteiger partial charge in [0.1, 0.15) is 22.9 Å². The molecule has 122 valence electrons. The van der Waals surface area contributed by atoms with Crippen LogP contribution in [0.2, 0.25) is 0 Å². The first-order valence-corrected chi connectivity index (χ1v) is 6.17. The van der Waals surface area contributed by atoms with E-state index in [-0.39, 0.29) is 16.9 Å². The SMILES string of the molecule is COc1cc(F)cc(-c2ccc(OC(F)(F)F)c(C(=O)O)c2)c1. The second-order valence-electron chi connectivity index (χ2n) is 4.44. The Morgan fingerprint density at radius 3 is 2.35 bits per heavy atom. The molecule has 0 aromatic heterocycles. The lowest BCUT2D eigenvalue weighted by atomic mass is 10.0. The van der Waals surface area contributed by atoms with E-state index in [1.807, 2.05) is 0 Å². The van der Waals surface area contributed by atoms with E-state index in [0.717, 1.165) is 24.3 Å². The summed E-state index contributed by atoms with van der Waals surface area (Å²) < 4.78 is 58.9. The fourth-order valence-electron chi connectivity index (χ4n) is 1.94.